The number of fused-ring (bicyclic) bond motifs is 2. The van der Waals surface area contributed by atoms with Crippen LogP contribution in [0.25, 0.3) is 0 Å². The summed E-state index contributed by atoms with van der Waals surface area (Å²) in [5.41, 5.74) is 2.56. The number of hydrogen-bond donors (Lipinski definition) is 1. The third-order valence-electron chi connectivity index (χ3n) is 11.1. The van der Waals surface area contributed by atoms with Crippen LogP contribution in [0, 0.1) is 17.8 Å². The number of nitrogens with zero attached hydrogens (tertiary/aromatic N) is 4. The van der Waals surface area contributed by atoms with Crippen LogP contribution in [0.1, 0.15) is 48.0 Å². The van der Waals surface area contributed by atoms with Crippen LogP contribution in [-0.2, 0) is 14.4 Å². The van der Waals surface area contributed by atoms with E-state index >= 15 is 9.59 Å². The van der Waals surface area contributed by atoms with E-state index in [1.54, 1.807) is 26.5 Å². The summed E-state index contributed by atoms with van der Waals surface area (Å²) >= 11 is 1.56. The molecular weight excluding hydrogens is 637 g/mol. The zero-order chi connectivity index (χ0) is 35.1. The smallest absolute Gasteiger partial charge is 0.251 e. The summed E-state index contributed by atoms with van der Waals surface area (Å²) in [6.07, 6.45) is 8.85. The third kappa shape index (κ3) is 5.74. The standard InChI is InChI=1S/C39H50N4O5S/c1-7-26(5)31(25-44)43-34-37(47)42(28-15-13-27(14-16-28)40(8-2)9-3)24-12-22-39(34)33(36(43)46)32-35(45)41(23-11-21-38(32,6)49-39)29-17-19-30(20-18-29)48-10-4/h11-22,26,31-34,44H,7-10,23-25H2,1-6H3/t26-,31-,32+,33-,34?,38-,39-/m0/s1. The highest BCUT2D eigenvalue weighted by Gasteiger charge is 2.74. The zero-order valence-electron chi connectivity index (χ0n) is 29.5. The fraction of sp³-hybridized carbons (Fsp3) is 0.513. The first-order valence-electron chi connectivity index (χ1n) is 17.8. The van der Waals surface area contributed by atoms with Gasteiger partial charge in [-0.05, 0) is 82.1 Å². The molecule has 0 bridgehead atoms. The van der Waals surface area contributed by atoms with Gasteiger partial charge in [0.15, 0.2) is 0 Å². The van der Waals surface area contributed by atoms with Gasteiger partial charge in [0.05, 0.1) is 35.8 Å². The van der Waals surface area contributed by atoms with Crippen molar-refractivity contribution < 1.29 is 24.2 Å². The maximum absolute atomic E-state index is 15.1. The molecule has 3 amide bonds. The van der Waals surface area contributed by atoms with Crippen molar-refractivity contribution in [3.05, 3.63) is 72.8 Å². The van der Waals surface area contributed by atoms with Crippen LogP contribution in [0.2, 0.25) is 0 Å². The minimum Gasteiger partial charge on any atom is -0.494 e. The second kappa shape index (κ2) is 13.9. The summed E-state index contributed by atoms with van der Waals surface area (Å²) in [6.45, 7) is 15.0. The molecule has 7 atom stereocenters. The van der Waals surface area contributed by atoms with Crippen molar-refractivity contribution in [3.8, 4) is 5.75 Å². The summed E-state index contributed by atoms with van der Waals surface area (Å²) in [6, 6.07) is 14.0. The molecule has 6 rings (SSSR count). The van der Waals surface area contributed by atoms with Gasteiger partial charge in [-0.1, -0.05) is 44.6 Å². The number of amides is 3. The number of aliphatic hydroxyl groups excluding tert-OH is 1. The van der Waals surface area contributed by atoms with E-state index < -0.39 is 33.4 Å². The van der Waals surface area contributed by atoms with E-state index in [9.17, 15) is 9.90 Å². The minimum absolute atomic E-state index is 0.0619. The average molecular weight is 687 g/mol. The number of rotatable bonds is 11. The van der Waals surface area contributed by atoms with Crippen LogP contribution in [0.5, 0.6) is 5.75 Å². The molecule has 0 aromatic heterocycles. The first-order valence-corrected chi connectivity index (χ1v) is 18.6. The molecule has 1 unspecified atom stereocenters. The second-order valence-corrected chi connectivity index (χ2v) is 15.5. The monoisotopic (exact) mass is 686 g/mol. The van der Waals surface area contributed by atoms with Crippen LogP contribution >= 0.6 is 11.8 Å². The van der Waals surface area contributed by atoms with E-state index in [-0.39, 0.29) is 30.2 Å². The Kier molecular flexibility index (Phi) is 9.93. The second-order valence-electron chi connectivity index (χ2n) is 13.7. The number of aliphatic hydroxyl groups is 1. The van der Waals surface area contributed by atoms with Crippen molar-refractivity contribution >= 4 is 46.5 Å². The Morgan fingerprint density at radius 2 is 1.45 bits per heavy atom. The molecule has 4 aliphatic rings. The zero-order valence-corrected chi connectivity index (χ0v) is 30.4. The third-order valence-corrected chi connectivity index (χ3v) is 12.9. The summed E-state index contributed by atoms with van der Waals surface area (Å²) in [4.78, 5) is 52.4. The Bertz CT molecular complexity index is 1610. The molecule has 0 aliphatic carbocycles. The Morgan fingerprint density at radius 1 is 0.857 bits per heavy atom. The lowest BCUT2D eigenvalue weighted by atomic mass is 9.74. The lowest BCUT2D eigenvalue weighted by molar-refractivity contribution is -0.143. The predicted molar refractivity (Wildman–Crippen MR) is 197 cm³/mol. The highest BCUT2D eigenvalue weighted by atomic mass is 32.2. The Hall–Kier alpha value is -3.76. The maximum Gasteiger partial charge on any atom is 0.251 e. The van der Waals surface area contributed by atoms with Crippen LogP contribution in [0.3, 0.4) is 0 Å². The van der Waals surface area contributed by atoms with E-state index in [4.69, 9.17) is 4.74 Å². The number of hydrogen-bond acceptors (Lipinski definition) is 7. The molecule has 1 spiro atoms. The quantitative estimate of drug-likeness (QED) is 0.311. The molecule has 2 saturated heterocycles. The number of thioether (sulfide) groups is 1. The molecule has 1 N–H and O–H groups in total. The minimum atomic E-state index is -1.01. The van der Waals surface area contributed by atoms with Crippen LogP contribution in [-0.4, -0.2) is 88.7 Å². The highest BCUT2D eigenvalue weighted by Crippen LogP contribution is 2.66. The lowest BCUT2D eigenvalue weighted by Crippen LogP contribution is -2.58. The summed E-state index contributed by atoms with van der Waals surface area (Å²) in [5, 5.41) is 10.8. The van der Waals surface area contributed by atoms with E-state index in [2.05, 4.69) is 24.8 Å². The number of anilines is 3. The van der Waals surface area contributed by atoms with Gasteiger partial charge >= 0.3 is 0 Å². The number of likely N-dealkylation sites (tertiary alicyclic amines) is 1. The largest absolute Gasteiger partial charge is 0.494 e. The lowest BCUT2D eigenvalue weighted by Gasteiger charge is -2.41. The van der Waals surface area contributed by atoms with Crippen molar-refractivity contribution in [1.82, 2.24) is 4.90 Å². The Balaban J connectivity index is 1.44. The molecule has 4 aliphatic heterocycles. The topological polar surface area (TPSA) is 93.6 Å². The fourth-order valence-corrected chi connectivity index (χ4v) is 10.6. The summed E-state index contributed by atoms with van der Waals surface area (Å²) in [5.74, 6) is -1.43. The molecule has 49 heavy (non-hydrogen) atoms. The van der Waals surface area contributed by atoms with Gasteiger partial charge in [-0.2, -0.15) is 0 Å². The number of benzene rings is 2. The molecule has 9 nitrogen and oxygen atoms in total. The van der Waals surface area contributed by atoms with Crippen molar-refractivity contribution in [1.29, 1.82) is 0 Å². The normalized spacial score (nSPS) is 28.9. The van der Waals surface area contributed by atoms with E-state index in [0.717, 1.165) is 42.3 Å². The Labute approximate surface area is 294 Å². The maximum atomic E-state index is 15.1. The Morgan fingerprint density at radius 3 is 2.02 bits per heavy atom. The SMILES string of the molecule is CCOc1ccc(N2CC=C[C@]3(C)S[C@]45C=CCN(c6ccc(N(CC)CC)cc6)C(=O)C4N([C@@H](CO)[C@@H](C)CC)C(=O)[C@@H]5[C@@H]3C2=O)cc1. The van der Waals surface area contributed by atoms with E-state index in [1.165, 1.54) is 0 Å². The fourth-order valence-electron chi connectivity index (χ4n) is 8.42. The van der Waals surface area contributed by atoms with Gasteiger partial charge in [0, 0.05) is 48.0 Å². The van der Waals surface area contributed by atoms with Crippen LogP contribution in [0.4, 0.5) is 17.1 Å². The number of carbonyl (C=O) groups excluding carboxylic acids is 3. The van der Waals surface area contributed by atoms with E-state index in [0.29, 0.717) is 19.7 Å². The van der Waals surface area contributed by atoms with Crippen molar-refractivity contribution in [3.63, 3.8) is 0 Å². The molecular formula is C39H50N4O5S. The van der Waals surface area contributed by atoms with Crippen molar-refractivity contribution in [2.75, 3.05) is 54.1 Å². The highest BCUT2D eigenvalue weighted by molar-refractivity contribution is 8.02. The molecule has 0 saturated carbocycles. The van der Waals surface area contributed by atoms with Gasteiger partial charge in [-0.25, -0.2) is 0 Å². The van der Waals surface area contributed by atoms with Crippen LogP contribution in [0.15, 0.2) is 72.8 Å². The predicted octanol–water partition coefficient (Wildman–Crippen LogP) is 5.53. The van der Waals surface area contributed by atoms with Gasteiger partial charge in [-0.15, -0.1) is 11.8 Å². The molecule has 4 heterocycles. The van der Waals surface area contributed by atoms with Gasteiger partial charge in [-0.3, -0.25) is 14.4 Å². The average Bonchev–Trinajstić information content (AvgIpc) is 3.37. The molecule has 0 radical (unpaired) electrons. The molecule has 2 aromatic carbocycles. The van der Waals surface area contributed by atoms with Crippen molar-refractivity contribution in [2.24, 2.45) is 17.8 Å². The molecule has 262 valence electrons. The summed E-state index contributed by atoms with van der Waals surface area (Å²) < 4.78 is 3.89. The number of carbonyl (C=O) groups is 3. The summed E-state index contributed by atoms with van der Waals surface area (Å²) in [7, 11) is 0. The van der Waals surface area contributed by atoms with Gasteiger partial charge < -0.3 is 29.4 Å². The molecule has 2 fully saturated rings. The van der Waals surface area contributed by atoms with Gasteiger partial charge in [0.1, 0.15) is 11.8 Å². The van der Waals surface area contributed by atoms with Gasteiger partial charge in [0.2, 0.25) is 11.8 Å². The molecule has 2 aromatic rings. The van der Waals surface area contributed by atoms with Crippen molar-refractivity contribution in [2.45, 2.75) is 69.5 Å². The van der Waals surface area contributed by atoms with Gasteiger partial charge in [0.25, 0.3) is 5.91 Å². The first kappa shape index (κ1) is 35.1. The van der Waals surface area contributed by atoms with E-state index in [1.807, 2.05) is 94.5 Å². The van der Waals surface area contributed by atoms with Crippen LogP contribution < -0.4 is 19.4 Å². The molecule has 10 heteroatoms. The number of ether oxygens (including phenoxy) is 1. The first-order chi connectivity index (χ1) is 23.6.